The van der Waals surface area contributed by atoms with Crippen molar-refractivity contribution < 1.29 is 9.59 Å². The van der Waals surface area contributed by atoms with E-state index >= 15 is 0 Å². The van der Waals surface area contributed by atoms with E-state index in [1.165, 1.54) is 12.5 Å². The molecule has 0 atom stereocenters. The van der Waals surface area contributed by atoms with Crippen LogP contribution >= 0.6 is 0 Å². The summed E-state index contributed by atoms with van der Waals surface area (Å²) in [5.74, 6) is 0.00125. The zero-order valence-corrected chi connectivity index (χ0v) is 11.8. The average molecular weight is 276 g/mol. The molecule has 20 heavy (non-hydrogen) atoms. The lowest BCUT2D eigenvalue weighted by Gasteiger charge is -2.20. The van der Waals surface area contributed by atoms with E-state index in [9.17, 15) is 9.59 Å². The van der Waals surface area contributed by atoms with Gasteiger partial charge in [0.05, 0.1) is 11.3 Å². The van der Waals surface area contributed by atoms with Crippen LogP contribution in [0, 0.1) is 6.92 Å². The van der Waals surface area contributed by atoms with Gasteiger partial charge in [0.2, 0.25) is 5.91 Å². The standard InChI is InChI=1S/C14H20N4O2/c1-11-12(9-15-10-17-11)14(20)16-6-8-18-7-4-2-3-5-13(18)19/h9-10H,2-8H2,1H3,(H,16,20). The maximum Gasteiger partial charge on any atom is 0.254 e. The number of hydrogen-bond acceptors (Lipinski definition) is 4. The van der Waals surface area contributed by atoms with E-state index in [0.717, 1.165) is 25.8 Å². The Morgan fingerprint density at radius 2 is 2.25 bits per heavy atom. The van der Waals surface area contributed by atoms with Gasteiger partial charge < -0.3 is 10.2 Å². The van der Waals surface area contributed by atoms with E-state index in [4.69, 9.17) is 0 Å². The SMILES string of the molecule is Cc1ncncc1C(=O)NCCN1CCCCCC1=O. The van der Waals surface area contributed by atoms with Crippen LogP contribution in [0.5, 0.6) is 0 Å². The van der Waals surface area contributed by atoms with Crippen LogP contribution in [0.1, 0.15) is 41.7 Å². The van der Waals surface area contributed by atoms with E-state index in [1.807, 2.05) is 4.90 Å². The summed E-state index contributed by atoms with van der Waals surface area (Å²) in [4.78, 5) is 33.4. The van der Waals surface area contributed by atoms with Gasteiger partial charge in [0.15, 0.2) is 0 Å². The van der Waals surface area contributed by atoms with Crippen molar-refractivity contribution in [3.63, 3.8) is 0 Å². The van der Waals surface area contributed by atoms with Gasteiger partial charge in [0.1, 0.15) is 6.33 Å². The molecule has 1 aromatic heterocycles. The fourth-order valence-corrected chi connectivity index (χ4v) is 2.29. The number of aryl methyl sites for hydroxylation is 1. The minimum absolute atomic E-state index is 0.189. The Morgan fingerprint density at radius 3 is 3.05 bits per heavy atom. The third-order valence-electron chi connectivity index (χ3n) is 3.49. The van der Waals surface area contributed by atoms with E-state index in [2.05, 4.69) is 15.3 Å². The lowest BCUT2D eigenvalue weighted by molar-refractivity contribution is -0.130. The molecule has 2 amide bonds. The molecule has 0 radical (unpaired) electrons. The molecule has 108 valence electrons. The number of aromatic nitrogens is 2. The summed E-state index contributed by atoms with van der Waals surface area (Å²) in [5, 5.41) is 2.82. The van der Waals surface area contributed by atoms with Gasteiger partial charge in [-0.3, -0.25) is 9.59 Å². The predicted octanol–water partition coefficient (Wildman–Crippen LogP) is 0.917. The minimum atomic E-state index is -0.189. The van der Waals surface area contributed by atoms with Crippen molar-refractivity contribution in [1.29, 1.82) is 0 Å². The van der Waals surface area contributed by atoms with Crippen molar-refractivity contribution in [2.24, 2.45) is 0 Å². The summed E-state index contributed by atoms with van der Waals surface area (Å²) in [5.41, 5.74) is 1.14. The Kier molecular flexibility index (Phi) is 5.03. The highest BCUT2D eigenvalue weighted by molar-refractivity contribution is 5.94. The van der Waals surface area contributed by atoms with Gasteiger partial charge in [0.25, 0.3) is 5.91 Å². The van der Waals surface area contributed by atoms with Crippen molar-refractivity contribution >= 4 is 11.8 Å². The van der Waals surface area contributed by atoms with Gasteiger partial charge in [-0.2, -0.15) is 0 Å². The van der Waals surface area contributed by atoms with Gasteiger partial charge in [-0.05, 0) is 19.8 Å². The maximum absolute atomic E-state index is 12.0. The number of nitrogens with zero attached hydrogens (tertiary/aromatic N) is 3. The van der Waals surface area contributed by atoms with Crippen LogP contribution in [0.4, 0.5) is 0 Å². The molecule has 0 bridgehead atoms. The number of rotatable bonds is 4. The lowest BCUT2D eigenvalue weighted by Crippen LogP contribution is -2.38. The van der Waals surface area contributed by atoms with E-state index in [1.54, 1.807) is 6.92 Å². The van der Waals surface area contributed by atoms with E-state index in [0.29, 0.717) is 30.8 Å². The zero-order valence-electron chi connectivity index (χ0n) is 11.8. The number of hydrogen-bond donors (Lipinski definition) is 1. The Bertz CT molecular complexity index is 490. The molecule has 2 heterocycles. The van der Waals surface area contributed by atoms with Crippen molar-refractivity contribution in [1.82, 2.24) is 20.2 Å². The van der Waals surface area contributed by atoms with Crippen molar-refractivity contribution in [2.45, 2.75) is 32.6 Å². The van der Waals surface area contributed by atoms with Crippen LogP contribution in [0.25, 0.3) is 0 Å². The third-order valence-corrected chi connectivity index (χ3v) is 3.49. The fraction of sp³-hybridized carbons (Fsp3) is 0.571. The highest BCUT2D eigenvalue weighted by atomic mass is 16.2. The van der Waals surface area contributed by atoms with Crippen LogP contribution in [0.2, 0.25) is 0 Å². The lowest BCUT2D eigenvalue weighted by atomic mass is 10.2. The van der Waals surface area contributed by atoms with Gasteiger partial charge in [-0.25, -0.2) is 9.97 Å². The molecular weight excluding hydrogens is 256 g/mol. The van der Waals surface area contributed by atoms with Crippen molar-refractivity contribution in [2.75, 3.05) is 19.6 Å². The van der Waals surface area contributed by atoms with Crippen LogP contribution in [-0.4, -0.2) is 46.3 Å². The molecule has 1 N–H and O–H groups in total. The molecule has 6 nitrogen and oxygen atoms in total. The highest BCUT2D eigenvalue weighted by Crippen LogP contribution is 2.10. The Balaban J connectivity index is 1.82. The second-order valence-electron chi connectivity index (χ2n) is 4.97. The first kappa shape index (κ1) is 14.4. The van der Waals surface area contributed by atoms with Gasteiger partial charge in [-0.15, -0.1) is 0 Å². The second kappa shape index (κ2) is 6.98. The number of likely N-dealkylation sites (tertiary alicyclic amines) is 1. The number of carbonyl (C=O) groups excluding carboxylic acids is 2. The first-order chi connectivity index (χ1) is 9.68. The Hall–Kier alpha value is -1.98. The molecule has 0 saturated carbocycles. The summed E-state index contributed by atoms with van der Waals surface area (Å²) in [7, 11) is 0. The molecule has 1 fully saturated rings. The first-order valence-electron chi connectivity index (χ1n) is 7.01. The first-order valence-corrected chi connectivity index (χ1v) is 7.01. The van der Waals surface area contributed by atoms with E-state index in [-0.39, 0.29) is 11.8 Å². The highest BCUT2D eigenvalue weighted by Gasteiger charge is 2.16. The van der Waals surface area contributed by atoms with Crippen LogP contribution in [-0.2, 0) is 4.79 Å². The van der Waals surface area contributed by atoms with Crippen molar-refractivity contribution in [3.8, 4) is 0 Å². The molecule has 1 aliphatic heterocycles. The summed E-state index contributed by atoms with van der Waals surface area (Å²) < 4.78 is 0. The predicted molar refractivity (Wildman–Crippen MR) is 74.2 cm³/mol. The molecule has 0 aromatic carbocycles. The fourth-order valence-electron chi connectivity index (χ4n) is 2.29. The average Bonchev–Trinajstić information content (AvgIpc) is 2.64. The van der Waals surface area contributed by atoms with E-state index < -0.39 is 0 Å². The summed E-state index contributed by atoms with van der Waals surface area (Å²) >= 11 is 0. The topological polar surface area (TPSA) is 75.2 Å². The Labute approximate surface area is 118 Å². The zero-order chi connectivity index (χ0) is 14.4. The summed E-state index contributed by atoms with van der Waals surface area (Å²) in [6.45, 7) is 3.59. The molecule has 1 saturated heterocycles. The number of amides is 2. The van der Waals surface area contributed by atoms with Crippen LogP contribution in [0.3, 0.4) is 0 Å². The minimum Gasteiger partial charge on any atom is -0.350 e. The summed E-state index contributed by atoms with van der Waals surface area (Å²) in [6, 6.07) is 0. The van der Waals surface area contributed by atoms with Gasteiger partial charge in [-0.1, -0.05) is 6.42 Å². The third kappa shape index (κ3) is 3.76. The monoisotopic (exact) mass is 276 g/mol. The molecule has 2 rings (SSSR count). The molecule has 0 spiro atoms. The van der Waals surface area contributed by atoms with Gasteiger partial charge in [0, 0.05) is 32.3 Å². The molecule has 6 heteroatoms. The number of carbonyl (C=O) groups is 2. The quantitative estimate of drug-likeness (QED) is 0.887. The van der Waals surface area contributed by atoms with Gasteiger partial charge >= 0.3 is 0 Å². The van der Waals surface area contributed by atoms with Crippen LogP contribution < -0.4 is 5.32 Å². The van der Waals surface area contributed by atoms with Crippen molar-refractivity contribution in [3.05, 3.63) is 23.8 Å². The molecule has 1 aromatic rings. The molecule has 1 aliphatic rings. The number of nitrogens with one attached hydrogen (secondary N) is 1. The smallest absolute Gasteiger partial charge is 0.254 e. The largest absolute Gasteiger partial charge is 0.350 e. The molecular formula is C14H20N4O2. The van der Waals surface area contributed by atoms with Crippen LogP contribution in [0.15, 0.2) is 12.5 Å². The summed E-state index contributed by atoms with van der Waals surface area (Å²) in [6.07, 6.45) is 6.68. The normalized spacial score (nSPS) is 15.8. The maximum atomic E-state index is 12.0. The second-order valence-corrected chi connectivity index (χ2v) is 4.97. The molecule has 0 unspecified atom stereocenters. The molecule has 0 aliphatic carbocycles. The Morgan fingerprint density at radius 1 is 1.40 bits per heavy atom.